The van der Waals surface area contributed by atoms with Crippen LogP contribution in [0.25, 0.3) is 0 Å². The molecule has 216 valence electrons. The molecule has 1 aromatic rings. The van der Waals surface area contributed by atoms with Crippen molar-refractivity contribution in [3.05, 3.63) is 35.9 Å². The lowest BCUT2D eigenvalue weighted by Crippen LogP contribution is -2.95. The highest BCUT2D eigenvalue weighted by molar-refractivity contribution is 5.85. The zero-order valence-corrected chi connectivity index (χ0v) is 20.9. The third-order valence-electron chi connectivity index (χ3n) is 5.01. The van der Waals surface area contributed by atoms with Crippen LogP contribution < -0.4 is 15.7 Å². The number of rotatable bonds is 11. The van der Waals surface area contributed by atoms with Crippen molar-refractivity contribution in [3.63, 3.8) is 0 Å². The maximum atomic E-state index is 13.5. The van der Waals surface area contributed by atoms with Gasteiger partial charge >= 0.3 is 24.3 Å². The van der Waals surface area contributed by atoms with E-state index < -0.39 is 66.6 Å². The number of quaternary nitrogens is 1. The Kier molecular flexibility index (Phi) is 13.8. The van der Waals surface area contributed by atoms with Gasteiger partial charge in [-0.05, 0) is 11.5 Å². The van der Waals surface area contributed by atoms with Crippen LogP contribution in [0.5, 0.6) is 0 Å². The topological polar surface area (TPSA) is 149 Å². The number of nitrogens with two attached hydrogens (primary N) is 1. The number of aliphatic carboxylic acids is 2. The molecule has 0 aliphatic rings. The van der Waals surface area contributed by atoms with Gasteiger partial charge in [0.05, 0.1) is 6.54 Å². The Morgan fingerprint density at radius 3 is 1.84 bits per heavy atom. The third-order valence-corrected chi connectivity index (χ3v) is 5.01. The zero-order chi connectivity index (χ0) is 29.8. The van der Waals surface area contributed by atoms with Gasteiger partial charge < -0.3 is 30.4 Å². The highest BCUT2D eigenvalue weighted by Crippen LogP contribution is 2.26. The van der Waals surface area contributed by atoms with Crippen molar-refractivity contribution in [2.75, 3.05) is 6.54 Å². The van der Waals surface area contributed by atoms with E-state index in [0.29, 0.717) is 0 Å². The number of carbonyl (C=O) groups is 4. The number of carbonyl (C=O) groups excluding carboxylic acids is 3. The molecular weight excluding hydrogens is 530 g/mol. The maximum absolute atomic E-state index is 13.5. The molecule has 0 bridgehead atoms. The molecule has 15 heteroatoms. The second-order valence-corrected chi connectivity index (χ2v) is 8.78. The van der Waals surface area contributed by atoms with Crippen molar-refractivity contribution < 1.29 is 65.8 Å². The van der Waals surface area contributed by atoms with Gasteiger partial charge in [-0.25, -0.2) is 9.59 Å². The highest BCUT2D eigenvalue weighted by atomic mass is 19.4. The normalized spacial score (nSPS) is 14.1. The smallest absolute Gasteiger partial charge is 0.430 e. The van der Waals surface area contributed by atoms with Crippen LogP contribution in [0.15, 0.2) is 30.3 Å². The lowest BCUT2D eigenvalue weighted by atomic mass is 10.0. The van der Waals surface area contributed by atoms with Gasteiger partial charge in [-0.15, -0.1) is 0 Å². The molecule has 0 radical (unpaired) electrons. The summed E-state index contributed by atoms with van der Waals surface area (Å²) in [5.41, 5.74) is 0.735. The molecule has 0 aliphatic carbocycles. The van der Waals surface area contributed by atoms with Crippen LogP contribution in [0.3, 0.4) is 0 Å². The summed E-state index contributed by atoms with van der Waals surface area (Å²) >= 11 is 0. The Balaban J connectivity index is 0.00000171. The Morgan fingerprint density at radius 2 is 1.47 bits per heavy atom. The minimum atomic E-state index is -5.19. The third kappa shape index (κ3) is 12.7. The molecule has 0 saturated heterocycles. The van der Waals surface area contributed by atoms with Crippen LogP contribution in [0.4, 0.5) is 26.3 Å². The summed E-state index contributed by atoms with van der Waals surface area (Å²) in [6.45, 7) is 5.48. The standard InChI is InChI=1S/C21H29F3N2O5.C2HF3O2/c1-12(2)16(19(28)29)26-18(27)15(21(22,23)24)10-25-17(13(3)4)20(30)31-11-14-8-6-5-7-9-14;3-2(4,5)1(6)7/h5-9,12-13,15-17,25H,10-11H2,1-4H3,(H,26,27)(H,28,29);(H,6,7)/t15-,16+,17+;/m1./s1. The number of halogens is 6. The van der Waals surface area contributed by atoms with E-state index in [1.165, 1.54) is 13.8 Å². The summed E-state index contributed by atoms with van der Waals surface area (Å²) in [5, 5.41) is 21.0. The van der Waals surface area contributed by atoms with Crippen LogP contribution in [0.2, 0.25) is 0 Å². The predicted molar refractivity (Wildman–Crippen MR) is 117 cm³/mol. The van der Waals surface area contributed by atoms with Crippen molar-refractivity contribution in [2.45, 2.75) is 58.7 Å². The van der Waals surface area contributed by atoms with E-state index >= 15 is 0 Å². The summed E-state index contributed by atoms with van der Waals surface area (Å²) in [5.74, 6) is -9.99. The molecule has 38 heavy (non-hydrogen) atoms. The van der Waals surface area contributed by atoms with Gasteiger partial charge in [0.15, 0.2) is 12.0 Å². The van der Waals surface area contributed by atoms with Gasteiger partial charge in [0.25, 0.3) is 0 Å². The molecule has 0 saturated carbocycles. The molecule has 0 spiro atoms. The Labute approximate surface area is 214 Å². The lowest BCUT2D eigenvalue weighted by Gasteiger charge is -2.25. The molecule has 0 fully saturated rings. The predicted octanol–water partition coefficient (Wildman–Crippen LogP) is 1.02. The van der Waals surface area contributed by atoms with E-state index in [1.54, 1.807) is 44.2 Å². The van der Waals surface area contributed by atoms with E-state index in [2.05, 4.69) is 0 Å². The van der Waals surface area contributed by atoms with Gasteiger partial charge in [0.1, 0.15) is 18.6 Å². The van der Waals surface area contributed by atoms with Gasteiger partial charge in [0, 0.05) is 5.92 Å². The maximum Gasteiger partial charge on any atom is 0.430 e. The average Bonchev–Trinajstić information content (AvgIpc) is 2.77. The molecule has 0 unspecified atom stereocenters. The van der Waals surface area contributed by atoms with Crippen molar-refractivity contribution >= 4 is 23.8 Å². The number of alkyl halides is 6. The summed E-state index contributed by atoms with van der Waals surface area (Å²) in [6.07, 6.45) is -10.1. The summed E-state index contributed by atoms with van der Waals surface area (Å²) in [6, 6.07) is 6.42. The first-order valence-electron chi connectivity index (χ1n) is 11.2. The number of benzene rings is 1. The lowest BCUT2D eigenvalue weighted by molar-refractivity contribution is -0.690. The highest BCUT2D eigenvalue weighted by Gasteiger charge is 2.48. The Morgan fingerprint density at radius 1 is 0.974 bits per heavy atom. The molecule has 4 N–H and O–H groups in total. The number of esters is 1. The number of ether oxygens (including phenoxy) is 1. The van der Waals surface area contributed by atoms with Crippen molar-refractivity contribution in [1.29, 1.82) is 0 Å². The van der Waals surface area contributed by atoms with Crippen LogP contribution in [0.1, 0.15) is 33.3 Å². The van der Waals surface area contributed by atoms with E-state index in [1.807, 2.05) is 5.32 Å². The molecule has 0 aliphatic heterocycles. The largest absolute Gasteiger partial charge is 0.542 e. The SMILES string of the molecule is CC(C)[C@H](NC(=O)[C@@H](C[NH2+][C@H](C(=O)OCc1ccccc1)C(C)C)C(F)(F)F)C(=O)O.O=C([O-])C(F)(F)F. The van der Waals surface area contributed by atoms with E-state index in [4.69, 9.17) is 19.7 Å². The number of nitrogens with one attached hydrogen (secondary N) is 1. The van der Waals surface area contributed by atoms with Crippen molar-refractivity contribution in [3.8, 4) is 0 Å². The second-order valence-electron chi connectivity index (χ2n) is 8.78. The zero-order valence-electron chi connectivity index (χ0n) is 20.9. The number of amides is 1. The monoisotopic (exact) mass is 560 g/mol. The van der Waals surface area contributed by atoms with Crippen molar-refractivity contribution in [1.82, 2.24) is 5.32 Å². The van der Waals surface area contributed by atoms with Crippen molar-refractivity contribution in [2.24, 2.45) is 17.8 Å². The number of carboxylic acids is 2. The van der Waals surface area contributed by atoms with Gasteiger partial charge in [-0.2, -0.15) is 26.3 Å². The van der Waals surface area contributed by atoms with Gasteiger partial charge in [-0.3, -0.25) is 4.79 Å². The van der Waals surface area contributed by atoms with Crippen LogP contribution in [0, 0.1) is 17.8 Å². The minimum Gasteiger partial charge on any atom is -0.542 e. The summed E-state index contributed by atoms with van der Waals surface area (Å²) < 4.78 is 77.3. The van der Waals surface area contributed by atoms with Gasteiger partial charge in [-0.1, -0.05) is 58.0 Å². The Bertz CT molecular complexity index is 921. The quantitative estimate of drug-likeness (QED) is 0.270. The van der Waals surface area contributed by atoms with Crippen LogP contribution in [-0.4, -0.2) is 59.9 Å². The molecule has 3 atom stereocenters. The number of hydrogen-bond acceptors (Lipinski definition) is 6. The van der Waals surface area contributed by atoms with Crippen LogP contribution >= 0.6 is 0 Å². The van der Waals surface area contributed by atoms with Crippen LogP contribution in [-0.2, 0) is 30.5 Å². The fourth-order valence-electron chi connectivity index (χ4n) is 2.90. The molecule has 1 amide bonds. The van der Waals surface area contributed by atoms with E-state index in [-0.39, 0.29) is 12.5 Å². The molecule has 0 aromatic heterocycles. The number of hydrogen-bond donors (Lipinski definition) is 3. The second kappa shape index (κ2) is 15.1. The fourth-order valence-corrected chi connectivity index (χ4v) is 2.90. The van der Waals surface area contributed by atoms with E-state index in [9.17, 15) is 40.7 Å². The first-order valence-corrected chi connectivity index (χ1v) is 11.2. The summed E-state index contributed by atoms with van der Waals surface area (Å²) in [4.78, 5) is 44.7. The minimum absolute atomic E-state index is 0.0192. The fraction of sp³-hybridized carbons (Fsp3) is 0.565. The number of carboxylic acid groups (broad SMARTS) is 2. The first-order chi connectivity index (χ1) is 17.3. The molecule has 0 heterocycles. The molecule has 1 rings (SSSR count). The Hall–Kier alpha value is -3.36. The molecular formula is C23H30F6N2O7. The first kappa shape index (κ1) is 34.6. The van der Waals surface area contributed by atoms with Gasteiger partial charge in [0.2, 0.25) is 5.91 Å². The average molecular weight is 560 g/mol. The van der Waals surface area contributed by atoms with E-state index in [0.717, 1.165) is 10.9 Å². The molecule has 9 nitrogen and oxygen atoms in total. The molecule has 1 aromatic carbocycles. The summed E-state index contributed by atoms with van der Waals surface area (Å²) in [7, 11) is 0.